The Balaban J connectivity index is 1.69. The Bertz CT molecular complexity index is 2280. The maximum Gasteiger partial charge on any atom is 0.508 e. The molecule has 0 spiro atoms. The van der Waals surface area contributed by atoms with E-state index in [0.717, 1.165) is 59.2 Å². The van der Waals surface area contributed by atoms with Gasteiger partial charge in [-0.25, -0.2) is 24.0 Å². The quantitative estimate of drug-likeness (QED) is 0.0243. The van der Waals surface area contributed by atoms with E-state index in [-0.39, 0.29) is 29.0 Å². The number of hydrogen-bond donors (Lipinski definition) is 1. The zero-order chi connectivity index (χ0) is 59.1. The summed E-state index contributed by atoms with van der Waals surface area (Å²) in [5.41, 5.74) is 0.486. The summed E-state index contributed by atoms with van der Waals surface area (Å²) >= 11 is 0. The molecule has 1 saturated heterocycles. The highest BCUT2D eigenvalue weighted by Crippen LogP contribution is 2.38. The predicted molar refractivity (Wildman–Crippen MR) is 314 cm³/mol. The molecule has 1 amide bonds. The summed E-state index contributed by atoms with van der Waals surface area (Å²) in [4.78, 5) is 82.2. The number of carbonyl (C=O) groups excluding carboxylic acids is 6. The van der Waals surface area contributed by atoms with Crippen molar-refractivity contribution < 1.29 is 71.4 Å². The third-order valence-corrected chi connectivity index (χ3v) is 14.7. The van der Waals surface area contributed by atoms with Crippen molar-refractivity contribution in [1.29, 1.82) is 0 Å². The van der Waals surface area contributed by atoms with E-state index in [1.54, 1.807) is 72.8 Å². The van der Waals surface area contributed by atoms with Crippen LogP contribution in [0.15, 0.2) is 103 Å². The molecular formula is C66H95NO15. The fraction of sp³-hybridized carbons (Fsp3) is 0.606. The Labute approximate surface area is 488 Å². The van der Waals surface area contributed by atoms with Crippen molar-refractivity contribution in [1.82, 2.24) is 5.32 Å². The van der Waals surface area contributed by atoms with Crippen LogP contribution >= 0.6 is 0 Å². The summed E-state index contributed by atoms with van der Waals surface area (Å²) in [6.07, 6.45) is 22.3. The van der Waals surface area contributed by atoms with Crippen LogP contribution in [-0.4, -0.2) is 106 Å². The van der Waals surface area contributed by atoms with Crippen LogP contribution in [0.25, 0.3) is 0 Å². The predicted octanol–water partition coefficient (Wildman–Crippen LogP) is 15.0. The van der Waals surface area contributed by atoms with E-state index in [2.05, 4.69) is 19.2 Å². The number of amides is 1. The van der Waals surface area contributed by atoms with Crippen LogP contribution in [0, 0.1) is 0 Å². The minimum absolute atomic E-state index is 0.0956. The number of carbonyl (C=O) groups is 6. The zero-order valence-corrected chi connectivity index (χ0v) is 49.7. The highest BCUT2D eigenvalue weighted by atomic mass is 16.8. The Morgan fingerprint density at radius 1 is 0.537 bits per heavy atom. The van der Waals surface area contributed by atoms with Gasteiger partial charge in [-0.05, 0) is 68.7 Å². The van der Waals surface area contributed by atoms with Crippen LogP contribution in [0.3, 0.4) is 0 Å². The SMILES string of the molecule is CCCCCCCCCCCCC/C=C/[C@@H](OC(=O)c1ccccc1)[C@H](CO[C@@]1(C)O[C@H](COC(=O)OC)[C@H](OC(=O)OC)[C@H](OC(=O)c2ccccc2)[C@H]1OC(=O)c1ccccc1)NC(=O)CCCCCCCCCCCCCCC. The molecule has 3 aromatic carbocycles. The first-order chi connectivity index (χ1) is 39.9. The Morgan fingerprint density at radius 2 is 0.976 bits per heavy atom. The van der Waals surface area contributed by atoms with Crippen molar-refractivity contribution in [3.63, 3.8) is 0 Å². The third-order valence-electron chi connectivity index (χ3n) is 14.7. The molecule has 0 aromatic heterocycles. The number of ether oxygens (including phenoxy) is 9. The van der Waals surface area contributed by atoms with Gasteiger partial charge >= 0.3 is 30.2 Å². The molecule has 0 unspecified atom stereocenters. The standard InChI is InChI=1S/C66H95NO15/c1-6-8-10-12-14-16-18-20-22-24-26-28-39-47-55(78-61(69)51-41-33-30-34-42-51)54(67-57(68)48-40-29-27-25-23-21-19-17-15-13-11-9-7-2)49-77-66(3)60(81-63(71)53-45-37-32-38-46-53)59(79-62(70)52-43-35-31-36-44-52)58(80-65(73)75-5)56(82-66)50-76-64(72)74-4/h30-39,41-47,54-56,58-60H,6-29,40,48-50H2,1-5H3,(H,67,68)/b47-39+/t54-,55+,56+,58-,59-,60+,66-/m0/s1. The lowest BCUT2D eigenvalue weighted by atomic mass is 9.92. The number of allylic oxidation sites excluding steroid dienone is 1. The average molecular weight is 1140 g/mol. The molecular weight excluding hydrogens is 1050 g/mol. The van der Waals surface area contributed by atoms with Crippen LogP contribution in [0.4, 0.5) is 9.59 Å². The molecule has 0 saturated carbocycles. The van der Waals surface area contributed by atoms with Crippen molar-refractivity contribution in [2.24, 2.45) is 0 Å². The molecule has 3 aromatic rings. The smallest absolute Gasteiger partial charge is 0.452 e. The molecule has 1 aliphatic rings. The van der Waals surface area contributed by atoms with Gasteiger partial charge < -0.3 is 47.9 Å². The van der Waals surface area contributed by atoms with Crippen LogP contribution in [0.5, 0.6) is 0 Å². The van der Waals surface area contributed by atoms with Crippen molar-refractivity contribution in [2.75, 3.05) is 27.4 Å². The lowest BCUT2D eigenvalue weighted by Gasteiger charge is -2.49. The van der Waals surface area contributed by atoms with E-state index in [4.69, 9.17) is 42.6 Å². The summed E-state index contributed by atoms with van der Waals surface area (Å²) in [6, 6.07) is 23.4. The largest absolute Gasteiger partial charge is 0.508 e. The number of unbranched alkanes of at least 4 members (excludes halogenated alkanes) is 23. The summed E-state index contributed by atoms with van der Waals surface area (Å²) in [6.45, 7) is 4.76. The number of hydrogen-bond acceptors (Lipinski definition) is 15. The van der Waals surface area contributed by atoms with Crippen LogP contribution in [-0.2, 0) is 47.4 Å². The van der Waals surface area contributed by atoms with Gasteiger partial charge in [0.05, 0.1) is 43.6 Å². The second-order valence-corrected chi connectivity index (χ2v) is 21.4. The molecule has 82 heavy (non-hydrogen) atoms. The van der Waals surface area contributed by atoms with Gasteiger partial charge in [-0.2, -0.15) is 0 Å². The van der Waals surface area contributed by atoms with Crippen LogP contribution in [0.2, 0.25) is 0 Å². The molecule has 1 aliphatic heterocycles. The van der Waals surface area contributed by atoms with E-state index >= 15 is 0 Å². The van der Waals surface area contributed by atoms with E-state index in [1.165, 1.54) is 134 Å². The number of rotatable bonds is 41. The normalized spacial score (nSPS) is 18.4. The van der Waals surface area contributed by atoms with Gasteiger partial charge in [0.25, 0.3) is 0 Å². The lowest BCUT2D eigenvalue weighted by Crippen LogP contribution is -2.68. The van der Waals surface area contributed by atoms with E-state index < -0.39 is 85.8 Å². The van der Waals surface area contributed by atoms with Gasteiger partial charge in [-0.15, -0.1) is 0 Å². The second kappa shape index (κ2) is 40.9. The first-order valence-electron chi connectivity index (χ1n) is 30.4. The van der Waals surface area contributed by atoms with E-state index in [9.17, 15) is 28.8 Å². The summed E-state index contributed by atoms with van der Waals surface area (Å²) in [5.74, 6) is -4.95. The molecule has 0 radical (unpaired) electrons. The average Bonchev–Trinajstić information content (AvgIpc) is 3.07. The van der Waals surface area contributed by atoms with Gasteiger partial charge in [0, 0.05) is 6.42 Å². The number of benzene rings is 3. The number of nitrogens with one attached hydrogen (secondary N) is 1. The summed E-state index contributed by atoms with van der Waals surface area (Å²) < 4.78 is 52.8. The van der Waals surface area contributed by atoms with Crippen LogP contribution < -0.4 is 5.32 Å². The molecule has 1 N–H and O–H groups in total. The highest BCUT2D eigenvalue weighted by Gasteiger charge is 2.60. The van der Waals surface area contributed by atoms with Crippen molar-refractivity contribution >= 4 is 36.1 Å². The molecule has 16 nitrogen and oxygen atoms in total. The first kappa shape index (κ1) is 68.2. The molecule has 0 aliphatic carbocycles. The van der Waals surface area contributed by atoms with Crippen molar-refractivity contribution in [2.45, 2.75) is 230 Å². The summed E-state index contributed by atoms with van der Waals surface area (Å²) in [5, 5.41) is 3.11. The monoisotopic (exact) mass is 1140 g/mol. The van der Waals surface area contributed by atoms with Gasteiger partial charge in [-0.1, -0.05) is 216 Å². The molecule has 0 bridgehead atoms. The van der Waals surface area contributed by atoms with Gasteiger partial charge in [0.15, 0.2) is 18.3 Å². The maximum absolute atomic E-state index is 14.2. The molecule has 1 fully saturated rings. The number of esters is 3. The molecule has 4 rings (SSSR count). The molecule has 1 heterocycles. The van der Waals surface area contributed by atoms with Gasteiger partial charge in [-0.3, -0.25) is 4.79 Å². The molecule has 454 valence electrons. The highest BCUT2D eigenvalue weighted by molar-refractivity contribution is 5.91. The molecule has 16 heteroatoms. The topological polar surface area (TPSA) is 198 Å². The fourth-order valence-electron chi connectivity index (χ4n) is 9.93. The minimum Gasteiger partial charge on any atom is -0.452 e. The Hall–Kier alpha value is -6.26. The van der Waals surface area contributed by atoms with Gasteiger partial charge in [0.2, 0.25) is 11.7 Å². The molecule has 7 atom stereocenters. The van der Waals surface area contributed by atoms with Crippen molar-refractivity contribution in [3.8, 4) is 0 Å². The van der Waals surface area contributed by atoms with E-state index in [0.29, 0.717) is 12.8 Å². The third kappa shape index (κ3) is 26.3. The number of methoxy groups -OCH3 is 2. The summed E-state index contributed by atoms with van der Waals surface area (Å²) in [7, 11) is 2.17. The van der Waals surface area contributed by atoms with Crippen molar-refractivity contribution in [3.05, 3.63) is 120 Å². The minimum atomic E-state index is -2.18. The fourth-order valence-corrected chi connectivity index (χ4v) is 9.93. The maximum atomic E-state index is 14.2. The Morgan fingerprint density at radius 3 is 1.45 bits per heavy atom. The van der Waals surface area contributed by atoms with E-state index in [1.807, 2.05) is 6.08 Å². The lowest BCUT2D eigenvalue weighted by molar-refractivity contribution is -0.355. The second-order valence-electron chi connectivity index (χ2n) is 21.4. The Kier molecular flexibility index (Phi) is 34.0. The van der Waals surface area contributed by atoms with Crippen LogP contribution in [0.1, 0.15) is 219 Å². The first-order valence-corrected chi connectivity index (χ1v) is 30.4. The zero-order valence-electron chi connectivity index (χ0n) is 49.7. The van der Waals surface area contributed by atoms with Gasteiger partial charge in [0.1, 0.15) is 18.8 Å².